The number of anilines is 2. The first-order valence-corrected chi connectivity index (χ1v) is 9.12. The number of furan rings is 1. The van der Waals surface area contributed by atoms with Crippen LogP contribution >= 0.6 is 0 Å². The van der Waals surface area contributed by atoms with E-state index in [9.17, 15) is 14.7 Å². The molecule has 29 heavy (non-hydrogen) atoms. The molecule has 1 heterocycles. The summed E-state index contributed by atoms with van der Waals surface area (Å²) >= 11 is 0. The minimum absolute atomic E-state index is 0.0138. The van der Waals surface area contributed by atoms with Crippen molar-refractivity contribution in [2.45, 2.75) is 0 Å². The van der Waals surface area contributed by atoms with Crippen molar-refractivity contribution in [2.24, 2.45) is 0 Å². The molecule has 1 aromatic heterocycles. The van der Waals surface area contributed by atoms with Crippen LogP contribution in [0.5, 0.6) is 5.75 Å². The fraction of sp³-hybridized carbons (Fsp3) is 0.238. The van der Waals surface area contributed by atoms with E-state index in [1.807, 2.05) is 19.0 Å². The number of rotatable bonds is 6. The lowest BCUT2D eigenvalue weighted by atomic mass is 10.2. The number of urea groups is 1. The van der Waals surface area contributed by atoms with Gasteiger partial charge in [-0.1, -0.05) is 0 Å². The summed E-state index contributed by atoms with van der Waals surface area (Å²) < 4.78 is 5.17. The minimum Gasteiger partial charge on any atom is -0.504 e. The zero-order valence-corrected chi connectivity index (χ0v) is 16.6. The Morgan fingerprint density at radius 2 is 1.62 bits per heavy atom. The number of aromatic hydroxyl groups is 1. The van der Waals surface area contributed by atoms with Gasteiger partial charge in [0.1, 0.15) is 11.8 Å². The maximum atomic E-state index is 12.4. The third kappa shape index (κ3) is 5.05. The molecule has 0 bridgehead atoms. The third-order valence-electron chi connectivity index (χ3n) is 4.43. The van der Waals surface area contributed by atoms with E-state index in [0.717, 1.165) is 6.54 Å². The Bertz CT molecular complexity index is 1010. The number of carbonyl (C=O) groups excluding carboxylic acids is 2. The topological polar surface area (TPSA) is 98.0 Å². The number of benzene rings is 2. The molecule has 0 spiro atoms. The molecule has 8 nitrogen and oxygen atoms in total. The Hall–Kier alpha value is -3.52. The number of fused-ring (bicyclic) bond motifs is 1. The molecular weight excluding hydrogens is 372 g/mol. The summed E-state index contributed by atoms with van der Waals surface area (Å²) in [5.74, 6) is -0.0593. The highest BCUT2D eigenvalue weighted by Crippen LogP contribution is 2.29. The molecule has 3 aromatic rings. The molecule has 0 aliphatic rings. The molecule has 3 rings (SSSR count). The highest BCUT2D eigenvalue weighted by Gasteiger charge is 2.12. The SMILES string of the molecule is CN(C)CCN(C)C(=O)c1ccc(NC(=O)Nc2ccc3occ(O)c3c2)cc1. The van der Waals surface area contributed by atoms with Gasteiger partial charge in [0.05, 0.1) is 5.39 Å². The lowest BCUT2D eigenvalue weighted by Gasteiger charge is -2.19. The summed E-state index contributed by atoms with van der Waals surface area (Å²) in [6, 6.07) is 11.2. The predicted octanol–water partition coefficient (Wildman–Crippen LogP) is 3.42. The van der Waals surface area contributed by atoms with Crippen molar-refractivity contribution in [3.8, 4) is 5.75 Å². The fourth-order valence-corrected chi connectivity index (χ4v) is 2.75. The van der Waals surface area contributed by atoms with E-state index < -0.39 is 6.03 Å². The molecule has 0 aliphatic carbocycles. The average Bonchev–Trinajstić information content (AvgIpc) is 3.06. The van der Waals surface area contributed by atoms with E-state index in [1.54, 1.807) is 54.4 Å². The van der Waals surface area contributed by atoms with Crippen LogP contribution in [0.15, 0.2) is 53.1 Å². The third-order valence-corrected chi connectivity index (χ3v) is 4.43. The zero-order chi connectivity index (χ0) is 21.0. The van der Waals surface area contributed by atoms with Gasteiger partial charge in [0.15, 0.2) is 5.75 Å². The average molecular weight is 396 g/mol. The molecule has 0 atom stereocenters. The van der Waals surface area contributed by atoms with Gasteiger partial charge in [-0.05, 0) is 56.6 Å². The van der Waals surface area contributed by atoms with Gasteiger partial charge in [0.25, 0.3) is 5.91 Å². The van der Waals surface area contributed by atoms with Crippen LogP contribution in [-0.4, -0.2) is 61.1 Å². The van der Waals surface area contributed by atoms with Crippen molar-refractivity contribution in [2.75, 3.05) is 44.9 Å². The summed E-state index contributed by atoms with van der Waals surface area (Å²) in [7, 11) is 5.68. The number of nitrogens with zero attached hydrogens (tertiary/aromatic N) is 2. The van der Waals surface area contributed by atoms with Crippen molar-refractivity contribution in [1.29, 1.82) is 0 Å². The first kappa shape index (κ1) is 20.2. The predicted molar refractivity (Wildman–Crippen MR) is 112 cm³/mol. The lowest BCUT2D eigenvalue weighted by molar-refractivity contribution is 0.0786. The van der Waals surface area contributed by atoms with Crippen molar-refractivity contribution in [3.63, 3.8) is 0 Å². The normalized spacial score (nSPS) is 10.9. The number of amides is 3. The summed E-state index contributed by atoms with van der Waals surface area (Å²) in [5.41, 5.74) is 2.16. The highest BCUT2D eigenvalue weighted by molar-refractivity contribution is 6.01. The summed E-state index contributed by atoms with van der Waals surface area (Å²) in [6.07, 6.45) is 1.25. The number of carbonyl (C=O) groups is 2. The largest absolute Gasteiger partial charge is 0.504 e. The first-order chi connectivity index (χ1) is 13.8. The molecule has 8 heteroatoms. The number of likely N-dealkylation sites (N-methyl/N-ethyl adjacent to an activating group) is 2. The first-order valence-electron chi connectivity index (χ1n) is 9.12. The molecule has 152 valence electrons. The second kappa shape index (κ2) is 8.66. The van der Waals surface area contributed by atoms with Crippen molar-refractivity contribution < 1.29 is 19.1 Å². The van der Waals surface area contributed by atoms with E-state index in [2.05, 4.69) is 10.6 Å². The van der Waals surface area contributed by atoms with Gasteiger partial charge in [-0.3, -0.25) is 4.79 Å². The summed E-state index contributed by atoms with van der Waals surface area (Å²) in [5, 5.41) is 15.7. The zero-order valence-electron chi connectivity index (χ0n) is 16.6. The lowest BCUT2D eigenvalue weighted by Crippen LogP contribution is -2.33. The maximum Gasteiger partial charge on any atom is 0.323 e. The Morgan fingerprint density at radius 1 is 0.966 bits per heavy atom. The maximum absolute atomic E-state index is 12.4. The second-order valence-electron chi connectivity index (χ2n) is 7.02. The van der Waals surface area contributed by atoms with E-state index >= 15 is 0 Å². The number of nitrogens with one attached hydrogen (secondary N) is 2. The smallest absolute Gasteiger partial charge is 0.323 e. The molecule has 0 saturated heterocycles. The Balaban J connectivity index is 1.59. The van der Waals surface area contributed by atoms with Crippen molar-refractivity contribution >= 4 is 34.3 Å². The minimum atomic E-state index is -0.436. The molecule has 0 saturated carbocycles. The number of hydrogen-bond donors (Lipinski definition) is 3. The van der Waals surface area contributed by atoms with Gasteiger partial charge in [-0.25, -0.2) is 4.79 Å². The molecule has 0 aliphatic heterocycles. The van der Waals surface area contributed by atoms with Crippen LogP contribution in [0.2, 0.25) is 0 Å². The standard InChI is InChI=1S/C21H24N4O4/c1-24(2)10-11-25(3)20(27)14-4-6-15(7-5-14)22-21(28)23-16-8-9-19-17(12-16)18(26)13-29-19/h4-9,12-13,26H,10-11H2,1-3H3,(H2,22,23,28). The second-order valence-corrected chi connectivity index (χ2v) is 7.02. The van der Waals surface area contributed by atoms with E-state index in [-0.39, 0.29) is 11.7 Å². The van der Waals surface area contributed by atoms with Gasteiger partial charge in [-0.2, -0.15) is 0 Å². The Labute approximate surface area is 168 Å². The molecule has 0 unspecified atom stereocenters. The van der Waals surface area contributed by atoms with Crippen LogP contribution < -0.4 is 10.6 Å². The van der Waals surface area contributed by atoms with Gasteiger partial charge in [0, 0.05) is 37.1 Å². The summed E-state index contributed by atoms with van der Waals surface area (Å²) in [6.45, 7) is 1.41. The summed E-state index contributed by atoms with van der Waals surface area (Å²) in [4.78, 5) is 28.3. The molecular formula is C21H24N4O4. The van der Waals surface area contributed by atoms with Crippen molar-refractivity contribution in [1.82, 2.24) is 9.80 Å². The van der Waals surface area contributed by atoms with Crippen LogP contribution in [0.4, 0.5) is 16.2 Å². The fourth-order valence-electron chi connectivity index (χ4n) is 2.75. The van der Waals surface area contributed by atoms with E-state index in [0.29, 0.717) is 34.5 Å². The van der Waals surface area contributed by atoms with Gasteiger partial charge in [0.2, 0.25) is 0 Å². The molecule has 3 N–H and O–H groups in total. The van der Waals surface area contributed by atoms with Crippen LogP contribution in [0.25, 0.3) is 11.0 Å². The van der Waals surface area contributed by atoms with Crippen LogP contribution in [0.1, 0.15) is 10.4 Å². The highest BCUT2D eigenvalue weighted by atomic mass is 16.4. The van der Waals surface area contributed by atoms with Crippen LogP contribution in [0.3, 0.4) is 0 Å². The van der Waals surface area contributed by atoms with Gasteiger partial charge >= 0.3 is 6.03 Å². The van der Waals surface area contributed by atoms with Crippen molar-refractivity contribution in [3.05, 3.63) is 54.3 Å². The molecule has 0 radical (unpaired) electrons. The van der Waals surface area contributed by atoms with E-state index in [1.165, 1.54) is 6.26 Å². The van der Waals surface area contributed by atoms with Gasteiger partial charge < -0.3 is 30.0 Å². The molecule has 3 amide bonds. The Morgan fingerprint density at radius 3 is 2.31 bits per heavy atom. The van der Waals surface area contributed by atoms with Crippen LogP contribution in [0, 0.1) is 0 Å². The molecule has 0 fully saturated rings. The Kier molecular flexibility index (Phi) is 6.04. The molecule has 2 aromatic carbocycles. The number of hydrogen-bond acceptors (Lipinski definition) is 5. The monoisotopic (exact) mass is 396 g/mol. The van der Waals surface area contributed by atoms with Crippen LogP contribution in [-0.2, 0) is 0 Å². The van der Waals surface area contributed by atoms with E-state index in [4.69, 9.17) is 4.42 Å². The quantitative estimate of drug-likeness (QED) is 0.593. The van der Waals surface area contributed by atoms with Gasteiger partial charge in [-0.15, -0.1) is 0 Å².